The number of aryl methyl sites for hydroxylation is 1. The molecular formula is C19H18N4O3S. The van der Waals surface area contributed by atoms with E-state index >= 15 is 0 Å². The highest BCUT2D eigenvalue weighted by Crippen LogP contribution is 2.27. The van der Waals surface area contributed by atoms with E-state index in [0.29, 0.717) is 5.69 Å². The Hall–Kier alpha value is -3.13. The van der Waals surface area contributed by atoms with Crippen molar-refractivity contribution in [2.24, 2.45) is 0 Å². The minimum absolute atomic E-state index is 0.0179. The number of carbonyl (C=O) groups excluding carboxylic acids is 1. The second-order valence-corrected chi connectivity index (χ2v) is 7.23. The third kappa shape index (κ3) is 4.35. The van der Waals surface area contributed by atoms with Gasteiger partial charge >= 0.3 is 0 Å². The van der Waals surface area contributed by atoms with Gasteiger partial charge < -0.3 is 5.32 Å². The number of nitro groups is 1. The maximum absolute atomic E-state index is 12.5. The molecule has 0 radical (unpaired) electrons. The van der Waals surface area contributed by atoms with E-state index in [-0.39, 0.29) is 11.6 Å². The Bertz CT molecular complexity index is 969. The molecule has 3 rings (SSSR count). The van der Waals surface area contributed by atoms with Crippen LogP contribution in [0.1, 0.15) is 12.5 Å². The van der Waals surface area contributed by atoms with E-state index in [1.807, 2.05) is 42.0 Å². The molecule has 1 N–H and O–H groups in total. The number of anilines is 1. The fraction of sp³-hybridized carbons (Fsp3) is 0.158. The summed E-state index contributed by atoms with van der Waals surface area (Å²) in [5.41, 5.74) is 2.62. The summed E-state index contributed by atoms with van der Waals surface area (Å²) in [7, 11) is 0. The van der Waals surface area contributed by atoms with Crippen LogP contribution in [0.4, 0.5) is 11.4 Å². The van der Waals surface area contributed by atoms with Gasteiger partial charge in [0.25, 0.3) is 5.69 Å². The van der Waals surface area contributed by atoms with Gasteiger partial charge in [0.15, 0.2) is 5.16 Å². The van der Waals surface area contributed by atoms with E-state index in [0.717, 1.165) is 16.4 Å². The summed E-state index contributed by atoms with van der Waals surface area (Å²) in [4.78, 5) is 27.1. The van der Waals surface area contributed by atoms with Gasteiger partial charge in [-0.05, 0) is 37.6 Å². The van der Waals surface area contributed by atoms with Crippen LogP contribution in [0.25, 0.3) is 5.69 Å². The zero-order valence-corrected chi connectivity index (χ0v) is 15.6. The Morgan fingerprint density at radius 3 is 2.59 bits per heavy atom. The summed E-state index contributed by atoms with van der Waals surface area (Å²) < 4.78 is 1.95. The number of hydrogen-bond donors (Lipinski definition) is 1. The van der Waals surface area contributed by atoms with Gasteiger partial charge in [0.05, 0.1) is 15.9 Å². The first-order valence-corrected chi connectivity index (χ1v) is 9.15. The monoisotopic (exact) mass is 382 g/mol. The number of non-ortho nitro benzene ring substituents is 1. The zero-order chi connectivity index (χ0) is 19.4. The highest BCUT2D eigenvalue weighted by atomic mass is 32.2. The molecule has 1 unspecified atom stereocenters. The van der Waals surface area contributed by atoms with E-state index in [2.05, 4.69) is 10.3 Å². The van der Waals surface area contributed by atoms with Crippen molar-refractivity contribution in [3.63, 3.8) is 0 Å². The van der Waals surface area contributed by atoms with Crippen LogP contribution < -0.4 is 5.32 Å². The van der Waals surface area contributed by atoms with Gasteiger partial charge in [0.2, 0.25) is 5.91 Å². The molecule has 2 aromatic carbocycles. The standard InChI is InChI=1S/C19H18N4O3S/c1-13-5-3-4-6-17(13)22-12-11-20-19(22)27-14(2)18(24)21-15-7-9-16(10-8-15)23(25)26/h3-12,14H,1-2H3,(H,21,24). The molecule has 3 aromatic rings. The number of thioether (sulfide) groups is 1. The van der Waals surface area contributed by atoms with Crippen molar-refractivity contribution < 1.29 is 9.72 Å². The number of nitro benzene ring substituents is 1. The average Bonchev–Trinajstić information content (AvgIpc) is 3.10. The van der Waals surface area contributed by atoms with Crippen molar-refractivity contribution in [3.05, 3.63) is 76.6 Å². The maximum atomic E-state index is 12.5. The maximum Gasteiger partial charge on any atom is 0.269 e. The van der Waals surface area contributed by atoms with Gasteiger partial charge in [-0.3, -0.25) is 19.5 Å². The summed E-state index contributed by atoms with van der Waals surface area (Å²) in [6, 6.07) is 13.7. The van der Waals surface area contributed by atoms with Crippen molar-refractivity contribution in [1.29, 1.82) is 0 Å². The first kappa shape index (κ1) is 18.7. The van der Waals surface area contributed by atoms with Crippen LogP contribution in [-0.2, 0) is 4.79 Å². The minimum Gasteiger partial charge on any atom is -0.325 e. The van der Waals surface area contributed by atoms with Gasteiger partial charge in [0.1, 0.15) is 0 Å². The minimum atomic E-state index is -0.477. The lowest BCUT2D eigenvalue weighted by Gasteiger charge is -2.14. The lowest BCUT2D eigenvalue weighted by atomic mass is 10.2. The molecule has 7 nitrogen and oxygen atoms in total. The topological polar surface area (TPSA) is 90.1 Å². The molecule has 0 saturated carbocycles. The van der Waals surface area contributed by atoms with Crippen LogP contribution >= 0.6 is 11.8 Å². The predicted octanol–water partition coefficient (Wildman–Crippen LogP) is 4.21. The number of rotatable bonds is 6. The number of nitrogens with one attached hydrogen (secondary N) is 1. The number of amides is 1. The first-order valence-electron chi connectivity index (χ1n) is 8.27. The van der Waals surface area contributed by atoms with Crippen molar-refractivity contribution >= 4 is 29.0 Å². The molecule has 0 aliphatic rings. The largest absolute Gasteiger partial charge is 0.325 e. The Morgan fingerprint density at radius 1 is 1.22 bits per heavy atom. The van der Waals surface area contributed by atoms with Crippen molar-refractivity contribution in [1.82, 2.24) is 9.55 Å². The average molecular weight is 382 g/mol. The highest BCUT2D eigenvalue weighted by Gasteiger charge is 2.18. The molecule has 27 heavy (non-hydrogen) atoms. The fourth-order valence-corrected chi connectivity index (χ4v) is 3.39. The van der Waals surface area contributed by atoms with E-state index in [4.69, 9.17) is 0 Å². The SMILES string of the molecule is Cc1ccccc1-n1ccnc1SC(C)C(=O)Nc1ccc([N+](=O)[O-])cc1. The molecular weight excluding hydrogens is 364 g/mol. The second-order valence-electron chi connectivity index (χ2n) is 5.92. The molecule has 0 spiro atoms. The van der Waals surface area contributed by atoms with Crippen LogP contribution in [0.2, 0.25) is 0 Å². The predicted molar refractivity (Wildman–Crippen MR) is 105 cm³/mol. The van der Waals surface area contributed by atoms with Gasteiger partial charge in [0, 0.05) is 30.2 Å². The molecule has 0 aliphatic heterocycles. The molecule has 1 aromatic heterocycles. The number of hydrogen-bond acceptors (Lipinski definition) is 5. The Kier molecular flexibility index (Phi) is 5.56. The summed E-state index contributed by atoms with van der Waals surface area (Å²) >= 11 is 1.35. The summed E-state index contributed by atoms with van der Waals surface area (Å²) in [5, 5.41) is 13.8. The van der Waals surface area contributed by atoms with E-state index < -0.39 is 10.2 Å². The summed E-state index contributed by atoms with van der Waals surface area (Å²) in [5.74, 6) is -0.201. The Balaban J connectivity index is 1.70. The Labute approximate surface area is 160 Å². The molecule has 1 heterocycles. The number of carbonyl (C=O) groups is 1. The third-order valence-corrected chi connectivity index (χ3v) is 5.06. The second kappa shape index (κ2) is 8.05. The molecule has 0 fully saturated rings. The quantitative estimate of drug-likeness (QED) is 0.392. The highest BCUT2D eigenvalue weighted by molar-refractivity contribution is 8.00. The van der Waals surface area contributed by atoms with Crippen LogP contribution in [-0.4, -0.2) is 25.6 Å². The van der Waals surface area contributed by atoms with E-state index in [1.165, 1.54) is 36.0 Å². The number of benzene rings is 2. The van der Waals surface area contributed by atoms with Crippen LogP contribution in [0.15, 0.2) is 66.1 Å². The fourth-order valence-electron chi connectivity index (χ4n) is 2.52. The number of aromatic nitrogens is 2. The normalized spacial score (nSPS) is 11.8. The first-order chi connectivity index (χ1) is 13.0. The number of imidazole rings is 1. The smallest absolute Gasteiger partial charge is 0.269 e. The van der Waals surface area contributed by atoms with Gasteiger partial charge in [-0.2, -0.15) is 0 Å². The number of nitrogens with zero attached hydrogens (tertiary/aromatic N) is 3. The molecule has 1 amide bonds. The van der Waals surface area contributed by atoms with E-state index in [1.54, 1.807) is 13.1 Å². The molecule has 1 atom stereocenters. The number of para-hydroxylation sites is 1. The van der Waals surface area contributed by atoms with Crippen molar-refractivity contribution in [2.75, 3.05) is 5.32 Å². The van der Waals surface area contributed by atoms with Crippen molar-refractivity contribution in [3.8, 4) is 5.69 Å². The van der Waals surface area contributed by atoms with Gasteiger partial charge in [-0.1, -0.05) is 30.0 Å². The molecule has 0 bridgehead atoms. The van der Waals surface area contributed by atoms with Gasteiger partial charge in [-0.15, -0.1) is 0 Å². The molecule has 0 saturated heterocycles. The lowest BCUT2D eigenvalue weighted by Crippen LogP contribution is -2.22. The van der Waals surface area contributed by atoms with E-state index in [9.17, 15) is 14.9 Å². The van der Waals surface area contributed by atoms with Crippen LogP contribution in [0.5, 0.6) is 0 Å². The van der Waals surface area contributed by atoms with Crippen LogP contribution in [0.3, 0.4) is 0 Å². The molecule has 0 aliphatic carbocycles. The van der Waals surface area contributed by atoms with Gasteiger partial charge in [-0.25, -0.2) is 4.98 Å². The third-order valence-electron chi connectivity index (χ3n) is 3.98. The molecule has 8 heteroatoms. The Morgan fingerprint density at radius 2 is 1.93 bits per heavy atom. The summed E-state index contributed by atoms with van der Waals surface area (Å²) in [6.45, 7) is 3.82. The van der Waals surface area contributed by atoms with Crippen LogP contribution in [0, 0.1) is 17.0 Å². The zero-order valence-electron chi connectivity index (χ0n) is 14.8. The summed E-state index contributed by atoms with van der Waals surface area (Å²) in [6.07, 6.45) is 3.57. The van der Waals surface area contributed by atoms with Crippen molar-refractivity contribution in [2.45, 2.75) is 24.3 Å². The lowest BCUT2D eigenvalue weighted by molar-refractivity contribution is -0.384. The molecule has 138 valence electrons.